The van der Waals surface area contributed by atoms with Gasteiger partial charge in [0.15, 0.2) is 23.5 Å². The maximum Gasteiger partial charge on any atom is 0.407 e. The number of ether oxygens (including phenoxy) is 8. The van der Waals surface area contributed by atoms with Gasteiger partial charge in [-0.15, -0.1) is 0 Å². The molecule has 90 heavy (non-hydrogen) atoms. The molecule has 0 radical (unpaired) electrons. The molecule has 0 aromatic heterocycles. The second-order valence-corrected chi connectivity index (χ2v) is 24.2. The van der Waals surface area contributed by atoms with Crippen molar-refractivity contribution in [2.75, 3.05) is 99.0 Å². The van der Waals surface area contributed by atoms with Crippen LogP contribution in [0.15, 0.2) is 103 Å². The van der Waals surface area contributed by atoms with Crippen LogP contribution in [0.4, 0.5) is 4.79 Å². The molecule has 3 aromatic rings. The van der Waals surface area contributed by atoms with Crippen LogP contribution in [0.2, 0.25) is 0 Å². The minimum atomic E-state index is -1.40. The van der Waals surface area contributed by atoms with E-state index in [0.717, 1.165) is 40.7 Å². The number of carbonyl (C=O) groups is 8. The van der Waals surface area contributed by atoms with Crippen molar-refractivity contribution in [1.82, 2.24) is 31.9 Å². The molecule has 3 saturated carbocycles. The van der Waals surface area contributed by atoms with Crippen LogP contribution in [-0.2, 0) is 77.9 Å². The molecule has 1 heterocycles. The number of Topliss-reactive ketones (excluding diaryl/α,β-unsaturated/α-hetero) is 1. The standard InChI is InChI=1S/C67H86N6O17/c1-4-12-61-89-56-35-52-50-20-19-44-34-45(74)21-23-65(44,2)62(50)54(75)36-66(52,3)67(56,90-61)55(76)41-87-42-72-59(79)38-71-63(81)53(33-43-13-6-5-7-14-43)73-60(80)39-70-58(78)37-69-57(77)22-25-83-27-29-85-31-32-86-30-28-84-26-24-68-64(82)88-40-51-48-17-10-8-15-46(48)47-16-9-11-18-49(47)51/h5-11,13-18,21,23,34,50-54,56,61-62,75H,4,12,19-20,22,24-33,35-42H2,1-3H3,(H,68,82)(H,69,77)(H,70,78)(H,71,81)(H,72,79)(H,73,80)/t50-,52-,53-,54-,56+,61?,62+,65-,66-,67+/m0/s1. The number of rotatable bonds is 34. The van der Waals surface area contributed by atoms with Crippen molar-refractivity contribution in [2.24, 2.45) is 28.6 Å². The molecule has 23 nitrogen and oxygen atoms in total. The van der Waals surface area contributed by atoms with Gasteiger partial charge in [0.25, 0.3) is 0 Å². The van der Waals surface area contributed by atoms with E-state index in [1.807, 2.05) is 44.2 Å². The Kier molecular flexibility index (Phi) is 23.7. The molecule has 0 spiro atoms. The van der Waals surface area contributed by atoms with Crippen LogP contribution in [0.25, 0.3) is 11.1 Å². The van der Waals surface area contributed by atoms with Gasteiger partial charge in [-0.3, -0.25) is 33.6 Å². The first-order chi connectivity index (χ1) is 43.5. The SMILES string of the molecule is CCCC1O[C@@H]2C[C@H]3[C@@H]4CCC5=CC(=O)C=C[C@]5(C)[C@H]4[C@@H](O)C[C@]3(C)[C@]2(C(=O)COCNC(=O)CNC(=O)[C@H](Cc2ccccc2)NC(=O)CNC(=O)CNC(=O)CCOCCOCCOCCOCCNC(=O)OCC2c3ccccc3-c3ccccc32)O1. The number of allylic oxidation sites excluding steroid dienone is 4. The number of alkyl carbamates (subject to hydrolysis) is 1. The van der Waals surface area contributed by atoms with Crippen molar-refractivity contribution in [1.29, 1.82) is 0 Å². The van der Waals surface area contributed by atoms with E-state index in [-0.39, 0.29) is 87.8 Å². The zero-order valence-corrected chi connectivity index (χ0v) is 51.6. The monoisotopic (exact) mass is 1250 g/mol. The Hall–Kier alpha value is -7.22. The minimum absolute atomic E-state index is 0.0137. The second-order valence-electron chi connectivity index (χ2n) is 24.2. The third-order valence-corrected chi connectivity index (χ3v) is 18.5. The normalized spacial score (nSPS) is 25.4. The first kappa shape index (κ1) is 67.2. The van der Waals surface area contributed by atoms with Crippen LogP contribution in [0.1, 0.15) is 88.3 Å². The second kappa shape index (κ2) is 31.7. The summed E-state index contributed by atoms with van der Waals surface area (Å²) in [4.78, 5) is 104. The Morgan fingerprint density at radius 2 is 1.33 bits per heavy atom. The zero-order chi connectivity index (χ0) is 63.7. The van der Waals surface area contributed by atoms with Crippen molar-refractivity contribution >= 4 is 47.2 Å². The van der Waals surface area contributed by atoms with Crippen molar-refractivity contribution < 1.29 is 81.4 Å². The summed E-state index contributed by atoms with van der Waals surface area (Å²) in [5, 5.41) is 27.4. The Labute approximate surface area is 524 Å². The van der Waals surface area contributed by atoms with Crippen LogP contribution in [0.5, 0.6) is 0 Å². The van der Waals surface area contributed by atoms with Gasteiger partial charge in [-0.1, -0.05) is 118 Å². The van der Waals surface area contributed by atoms with E-state index in [4.69, 9.17) is 37.9 Å². The highest BCUT2D eigenvalue weighted by Crippen LogP contribution is 2.70. The third kappa shape index (κ3) is 16.1. The van der Waals surface area contributed by atoms with Gasteiger partial charge < -0.3 is 74.9 Å². The van der Waals surface area contributed by atoms with Gasteiger partial charge in [0.1, 0.15) is 26.0 Å². The zero-order valence-electron chi connectivity index (χ0n) is 51.6. The average Bonchev–Trinajstić information content (AvgIpc) is 1.47. The molecule has 3 aromatic carbocycles. The van der Waals surface area contributed by atoms with Gasteiger partial charge in [0, 0.05) is 42.1 Å². The maximum absolute atomic E-state index is 14.6. The number of ketones is 2. The minimum Gasteiger partial charge on any atom is -0.449 e. The van der Waals surface area contributed by atoms with E-state index in [2.05, 4.69) is 63.1 Å². The smallest absolute Gasteiger partial charge is 0.407 e. The molecule has 7 N–H and O–H groups in total. The number of aliphatic hydroxyl groups excluding tert-OH is 1. The predicted molar refractivity (Wildman–Crippen MR) is 327 cm³/mol. The summed E-state index contributed by atoms with van der Waals surface area (Å²) in [5.74, 6) is -3.61. The lowest BCUT2D eigenvalue weighted by molar-refractivity contribution is -0.201. The number of fused-ring (bicyclic) bond motifs is 10. The van der Waals surface area contributed by atoms with Crippen LogP contribution < -0.4 is 31.9 Å². The highest BCUT2D eigenvalue weighted by atomic mass is 16.7. The largest absolute Gasteiger partial charge is 0.449 e. The molecule has 6 aliphatic rings. The average molecular weight is 1250 g/mol. The molecule has 23 heteroatoms. The van der Waals surface area contributed by atoms with Gasteiger partial charge in [-0.2, -0.15) is 0 Å². The van der Waals surface area contributed by atoms with E-state index >= 15 is 0 Å². The molecule has 486 valence electrons. The van der Waals surface area contributed by atoms with E-state index in [9.17, 15) is 43.5 Å². The van der Waals surface area contributed by atoms with Crippen LogP contribution in [0, 0.1) is 28.6 Å². The summed E-state index contributed by atoms with van der Waals surface area (Å²) < 4.78 is 46.6. The van der Waals surface area contributed by atoms with Crippen molar-refractivity contribution in [3.05, 3.63) is 119 Å². The molecule has 9 rings (SSSR count). The summed E-state index contributed by atoms with van der Waals surface area (Å²) in [6.07, 6.45) is 6.51. The molecule has 4 fully saturated rings. The lowest BCUT2D eigenvalue weighted by atomic mass is 9.46. The third-order valence-electron chi connectivity index (χ3n) is 18.5. The number of hydrogen-bond acceptors (Lipinski definition) is 17. The summed E-state index contributed by atoms with van der Waals surface area (Å²) in [7, 11) is 0. The molecule has 1 unspecified atom stereocenters. The maximum atomic E-state index is 14.6. The quantitative estimate of drug-likeness (QED) is 0.0330. The summed E-state index contributed by atoms with van der Waals surface area (Å²) in [6.45, 7) is 6.68. The molecule has 6 amide bonds. The predicted octanol–water partition coefficient (Wildman–Crippen LogP) is 3.89. The van der Waals surface area contributed by atoms with Crippen LogP contribution in [-0.4, -0.2) is 181 Å². The first-order valence-corrected chi connectivity index (χ1v) is 31.4. The highest BCUT2D eigenvalue weighted by Gasteiger charge is 2.75. The first-order valence-electron chi connectivity index (χ1n) is 31.4. The van der Waals surface area contributed by atoms with Gasteiger partial charge >= 0.3 is 6.09 Å². The van der Waals surface area contributed by atoms with E-state index in [0.29, 0.717) is 64.3 Å². The Bertz CT molecular complexity index is 3040. The summed E-state index contributed by atoms with van der Waals surface area (Å²) >= 11 is 0. The fraction of sp³-hybridized carbons (Fsp3) is 0.552. The van der Waals surface area contributed by atoms with Gasteiger partial charge in [0.2, 0.25) is 29.5 Å². The number of aliphatic hydroxyl groups is 1. The highest BCUT2D eigenvalue weighted by molar-refractivity contribution is 6.01. The molecule has 10 atom stereocenters. The fourth-order valence-electron chi connectivity index (χ4n) is 14.4. The lowest BCUT2D eigenvalue weighted by Crippen LogP contribution is -2.63. The topological polar surface area (TPSA) is 303 Å². The fourth-order valence-corrected chi connectivity index (χ4v) is 14.4. The molecule has 1 aliphatic heterocycles. The number of nitrogens with one attached hydrogen (secondary N) is 6. The Morgan fingerprint density at radius 1 is 0.711 bits per heavy atom. The van der Waals surface area contributed by atoms with Crippen molar-refractivity contribution in [3.8, 4) is 11.1 Å². The number of hydrogen-bond donors (Lipinski definition) is 7. The number of carbonyl (C=O) groups excluding carboxylic acids is 8. The van der Waals surface area contributed by atoms with E-state index < -0.39 is 103 Å². The van der Waals surface area contributed by atoms with Crippen LogP contribution in [0.3, 0.4) is 0 Å². The summed E-state index contributed by atoms with van der Waals surface area (Å²) in [5.41, 5.74) is 3.69. The van der Waals surface area contributed by atoms with E-state index in [1.165, 1.54) is 0 Å². The van der Waals surface area contributed by atoms with Gasteiger partial charge in [-0.05, 0) is 83.9 Å². The molecular formula is C67H86N6O17. The molecule has 5 aliphatic carbocycles. The number of benzene rings is 3. The van der Waals surface area contributed by atoms with Gasteiger partial charge in [-0.25, -0.2) is 4.79 Å². The molecule has 1 saturated heterocycles. The lowest BCUT2D eigenvalue weighted by Gasteiger charge is -2.59. The Balaban J connectivity index is 0.600. The molecule has 0 bridgehead atoms. The number of amides is 6. The van der Waals surface area contributed by atoms with E-state index in [1.54, 1.807) is 42.5 Å². The summed E-state index contributed by atoms with van der Waals surface area (Å²) in [6, 6.07) is 24.1. The van der Waals surface area contributed by atoms with Crippen molar-refractivity contribution in [3.63, 3.8) is 0 Å². The van der Waals surface area contributed by atoms with Crippen molar-refractivity contribution in [2.45, 2.75) is 108 Å². The molecular weight excluding hydrogens is 1160 g/mol. The van der Waals surface area contributed by atoms with Gasteiger partial charge in [0.05, 0.1) is 84.7 Å². The Morgan fingerprint density at radius 3 is 2.03 bits per heavy atom. The van der Waals surface area contributed by atoms with Crippen LogP contribution >= 0.6 is 0 Å².